The highest BCUT2D eigenvalue weighted by molar-refractivity contribution is 7.59. The summed E-state index contributed by atoms with van der Waals surface area (Å²) in [7, 11) is 0. The molecule has 0 nitrogen and oxygen atoms in total. The van der Waals surface area contributed by atoms with E-state index in [1.807, 2.05) is 0 Å². The van der Waals surface area contributed by atoms with Crippen LogP contribution in [0, 0.1) is 0 Å². The van der Waals surface area contributed by atoms with Crippen LogP contribution in [-0.2, 0) is 6.42 Å². The molecule has 20 heavy (non-hydrogen) atoms. The van der Waals surface area contributed by atoms with Gasteiger partial charge in [-0.05, 0) is 28.7 Å². The molecule has 0 heterocycles. The summed E-state index contributed by atoms with van der Waals surface area (Å²) in [5.41, 5.74) is 5.34. The highest BCUT2D eigenvalue weighted by Crippen LogP contribution is 2.25. The van der Waals surface area contributed by atoms with Gasteiger partial charge in [0.05, 0.1) is 0 Å². The lowest BCUT2D eigenvalue weighted by Gasteiger charge is -2.09. The molecule has 0 aliphatic rings. The van der Waals surface area contributed by atoms with E-state index in [2.05, 4.69) is 84.9 Å². The van der Waals surface area contributed by atoms with E-state index in [1.54, 1.807) is 0 Å². The van der Waals surface area contributed by atoms with Crippen LogP contribution in [0.5, 0.6) is 0 Å². The Morgan fingerprint density at radius 1 is 0.550 bits per heavy atom. The molecule has 0 amide bonds. The van der Waals surface area contributed by atoms with Crippen molar-refractivity contribution in [3.63, 3.8) is 0 Å². The molecular weight excluding hydrogens is 260 g/mol. The third kappa shape index (κ3) is 3.31. The topological polar surface area (TPSA) is 0 Å². The molecule has 100 valence electrons. The van der Waals surface area contributed by atoms with Crippen molar-refractivity contribution in [2.24, 2.45) is 0 Å². The van der Waals surface area contributed by atoms with Gasteiger partial charge in [-0.3, -0.25) is 0 Å². The Hall–Kier alpha value is -1.99. The van der Waals surface area contributed by atoms with Gasteiger partial charge in [0, 0.05) is 0 Å². The summed E-state index contributed by atoms with van der Waals surface area (Å²) in [5.74, 6) is 0. The zero-order valence-corrected chi connectivity index (χ0v) is 12.3. The first-order chi connectivity index (χ1) is 9.43. The quantitative estimate of drug-likeness (QED) is 0.628. The third-order valence-corrected chi connectivity index (χ3v) is 3.34. The molecule has 3 rings (SSSR count). The molecule has 3 aromatic rings. The lowest BCUT2D eigenvalue weighted by molar-refractivity contribution is 1.19. The number of hydrogen-bond acceptors (Lipinski definition) is 0. The second-order valence-corrected chi connectivity index (χ2v) is 4.69. The van der Waals surface area contributed by atoms with Crippen LogP contribution in [0.15, 0.2) is 84.9 Å². The van der Waals surface area contributed by atoms with Gasteiger partial charge in [-0.25, -0.2) is 0 Å². The summed E-state index contributed by atoms with van der Waals surface area (Å²) < 4.78 is 0. The van der Waals surface area contributed by atoms with E-state index in [0.29, 0.717) is 0 Å². The standard InChI is InChI=1S/C19H16.H2S/c1-3-9-16(10-4-1)15-18-13-7-8-14-19(18)17-11-5-2-6-12-17;/h1-14H,15H2;1H2. The first kappa shape index (κ1) is 14.4. The molecule has 0 atom stereocenters. The molecule has 0 saturated heterocycles. The van der Waals surface area contributed by atoms with E-state index in [-0.39, 0.29) is 13.5 Å². The zero-order chi connectivity index (χ0) is 12.9. The second-order valence-electron chi connectivity index (χ2n) is 4.69. The lowest BCUT2D eigenvalue weighted by Crippen LogP contribution is -1.91. The van der Waals surface area contributed by atoms with E-state index in [9.17, 15) is 0 Å². The Bertz CT molecular complexity index is 645. The van der Waals surface area contributed by atoms with Crippen LogP contribution in [-0.4, -0.2) is 0 Å². The van der Waals surface area contributed by atoms with Crippen molar-refractivity contribution >= 4 is 13.5 Å². The molecule has 0 saturated carbocycles. The van der Waals surface area contributed by atoms with E-state index in [0.717, 1.165) is 6.42 Å². The molecule has 0 N–H and O–H groups in total. The van der Waals surface area contributed by atoms with Crippen molar-refractivity contribution in [1.29, 1.82) is 0 Å². The normalized spacial score (nSPS) is 9.80. The van der Waals surface area contributed by atoms with Crippen molar-refractivity contribution in [2.75, 3.05) is 0 Å². The Kier molecular flexibility index (Phi) is 5.03. The van der Waals surface area contributed by atoms with E-state index >= 15 is 0 Å². The first-order valence-corrected chi connectivity index (χ1v) is 6.61. The van der Waals surface area contributed by atoms with Gasteiger partial charge in [0.25, 0.3) is 0 Å². The van der Waals surface area contributed by atoms with Gasteiger partial charge in [0.1, 0.15) is 0 Å². The maximum absolute atomic E-state index is 2.22. The lowest BCUT2D eigenvalue weighted by atomic mass is 9.95. The predicted octanol–water partition coefficient (Wildman–Crippen LogP) is 5.06. The number of benzene rings is 3. The molecule has 1 heteroatoms. The largest absolute Gasteiger partial charge is 0.197 e. The van der Waals surface area contributed by atoms with Crippen LogP contribution in [0.4, 0.5) is 0 Å². The van der Waals surface area contributed by atoms with Crippen LogP contribution < -0.4 is 0 Å². The molecule has 0 unspecified atom stereocenters. The SMILES string of the molecule is S.c1ccc(Cc2ccccc2-c2ccccc2)cc1. The predicted molar refractivity (Wildman–Crippen MR) is 91.5 cm³/mol. The molecule has 0 spiro atoms. The fourth-order valence-electron chi connectivity index (χ4n) is 2.39. The van der Waals surface area contributed by atoms with E-state index < -0.39 is 0 Å². The molecule has 0 aliphatic heterocycles. The third-order valence-electron chi connectivity index (χ3n) is 3.34. The Morgan fingerprint density at radius 2 is 1.10 bits per heavy atom. The highest BCUT2D eigenvalue weighted by atomic mass is 32.1. The summed E-state index contributed by atoms with van der Waals surface area (Å²) in [6.07, 6.45) is 0.978. The fraction of sp³-hybridized carbons (Fsp3) is 0.0526. The highest BCUT2D eigenvalue weighted by Gasteiger charge is 2.04. The van der Waals surface area contributed by atoms with E-state index in [4.69, 9.17) is 0 Å². The van der Waals surface area contributed by atoms with Gasteiger partial charge in [-0.1, -0.05) is 84.9 Å². The van der Waals surface area contributed by atoms with Gasteiger partial charge in [-0.15, -0.1) is 0 Å². The summed E-state index contributed by atoms with van der Waals surface area (Å²) in [6.45, 7) is 0. The van der Waals surface area contributed by atoms with E-state index in [1.165, 1.54) is 22.3 Å². The molecule has 0 radical (unpaired) electrons. The molecular formula is C19H18S. The van der Waals surface area contributed by atoms with Crippen molar-refractivity contribution in [3.8, 4) is 11.1 Å². The van der Waals surface area contributed by atoms with Gasteiger partial charge in [-0.2, -0.15) is 13.5 Å². The molecule has 0 aliphatic carbocycles. The number of hydrogen-bond donors (Lipinski definition) is 0. The van der Waals surface area contributed by atoms with Gasteiger partial charge >= 0.3 is 0 Å². The molecule has 0 bridgehead atoms. The van der Waals surface area contributed by atoms with Crippen LogP contribution in [0.25, 0.3) is 11.1 Å². The second kappa shape index (κ2) is 6.97. The first-order valence-electron chi connectivity index (χ1n) is 6.61. The Morgan fingerprint density at radius 3 is 1.80 bits per heavy atom. The maximum atomic E-state index is 2.22. The molecule has 0 aromatic heterocycles. The summed E-state index contributed by atoms with van der Waals surface area (Å²) >= 11 is 0. The number of rotatable bonds is 3. The smallest absolute Gasteiger partial charge is 0.00196 e. The zero-order valence-electron chi connectivity index (χ0n) is 11.3. The summed E-state index contributed by atoms with van der Waals surface area (Å²) in [4.78, 5) is 0. The average molecular weight is 278 g/mol. The molecule has 3 aromatic carbocycles. The monoisotopic (exact) mass is 278 g/mol. The molecule has 0 fully saturated rings. The summed E-state index contributed by atoms with van der Waals surface area (Å²) in [5, 5.41) is 0. The van der Waals surface area contributed by atoms with Gasteiger partial charge < -0.3 is 0 Å². The van der Waals surface area contributed by atoms with Crippen molar-refractivity contribution in [3.05, 3.63) is 96.1 Å². The van der Waals surface area contributed by atoms with Gasteiger partial charge in [0.15, 0.2) is 0 Å². The van der Waals surface area contributed by atoms with Crippen LogP contribution in [0.3, 0.4) is 0 Å². The van der Waals surface area contributed by atoms with Crippen molar-refractivity contribution in [1.82, 2.24) is 0 Å². The average Bonchev–Trinajstić information content (AvgIpc) is 2.50. The van der Waals surface area contributed by atoms with Gasteiger partial charge in [0.2, 0.25) is 0 Å². The minimum Gasteiger partial charge on any atom is -0.197 e. The fourth-order valence-corrected chi connectivity index (χ4v) is 2.39. The minimum absolute atomic E-state index is 0. The maximum Gasteiger partial charge on any atom is -0.00196 e. The van der Waals surface area contributed by atoms with Crippen molar-refractivity contribution < 1.29 is 0 Å². The van der Waals surface area contributed by atoms with Crippen molar-refractivity contribution in [2.45, 2.75) is 6.42 Å². The van der Waals surface area contributed by atoms with Crippen LogP contribution >= 0.6 is 13.5 Å². The summed E-state index contributed by atoms with van der Waals surface area (Å²) in [6, 6.07) is 29.8. The Balaban J connectivity index is 0.00000147. The van der Waals surface area contributed by atoms with Crippen LogP contribution in [0.2, 0.25) is 0 Å². The minimum atomic E-state index is 0. The Labute approximate surface area is 127 Å². The van der Waals surface area contributed by atoms with Crippen LogP contribution in [0.1, 0.15) is 11.1 Å².